The fourth-order valence-corrected chi connectivity index (χ4v) is 2.63. The van der Waals surface area contributed by atoms with E-state index in [1.165, 1.54) is 44.3 Å². The summed E-state index contributed by atoms with van der Waals surface area (Å²) in [5.74, 6) is 0. The fourth-order valence-electron chi connectivity index (χ4n) is 2.63. The first-order chi connectivity index (χ1) is 7.55. The molecule has 0 amide bonds. The van der Waals surface area contributed by atoms with Gasteiger partial charge in [0.1, 0.15) is 0 Å². The molecule has 1 aliphatic carbocycles. The maximum Gasteiger partial charge on any atom is 0.0203 e. The minimum absolute atomic E-state index is 0.502. The Balaban J connectivity index is 1.68. The fraction of sp³-hybridized carbons (Fsp3) is 0.857. The van der Waals surface area contributed by atoms with Gasteiger partial charge in [0.2, 0.25) is 0 Å². The Morgan fingerprint density at radius 1 is 1.44 bits per heavy atom. The van der Waals surface area contributed by atoms with Crippen LogP contribution >= 0.6 is 0 Å². The van der Waals surface area contributed by atoms with Crippen molar-refractivity contribution in [3.05, 3.63) is 12.2 Å². The predicted octanol–water partition coefficient (Wildman–Crippen LogP) is 2.42. The summed E-state index contributed by atoms with van der Waals surface area (Å²) in [7, 11) is 0. The van der Waals surface area contributed by atoms with Crippen LogP contribution < -0.4 is 5.32 Å². The second kappa shape index (κ2) is 4.89. The van der Waals surface area contributed by atoms with Gasteiger partial charge in [0.25, 0.3) is 0 Å². The molecular formula is C14H26N2. The number of nitrogens with one attached hydrogen (secondary N) is 1. The number of rotatable bonds is 5. The van der Waals surface area contributed by atoms with E-state index in [0.29, 0.717) is 5.41 Å². The molecule has 1 saturated carbocycles. The Hall–Kier alpha value is -0.340. The maximum atomic E-state index is 4.19. The van der Waals surface area contributed by atoms with Crippen molar-refractivity contribution in [3.8, 4) is 0 Å². The Labute approximate surface area is 100 Å². The SMILES string of the molecule is C=C(CNC1CC1)CN1CCCC(C)(C)C1. The molecule has 92 valence electrons. The molecule has 0 aromatic heterocycles. The molecule has 2 rings (SSSR count). The van der Waals surface area contributed by atoms with Crippen molar-refractivity contribution in [2.45, 2.75) is 45.6 Å². The summed E-state index contributed by atoms with van der Waals surface area (Å²) in [5, 5.41) is 3.54. The maximum absolute atomic E-state index is 4.19. The molecule has 2 aliphatic rings. The first kappa shape index (κ1) is 12.1. The zero-order valence-electron chi connectivity index (χ0n) is 10.9. The molecule has 2 fully saturated rings. The zero-order chi connectivity index (χ0) is 11.6. The lowest BCUT2D eigenvalue weighted by atomic mass is 9.84. The lowest BCUT2D eigenvalue weighted by Gasteiger charge is -2.38. The van der Waals surface area contributed by atoms with E-state index in [-0.39, 0.29) is 0 Å². The van der Waals surface area contributed by atoms with Crippen molar-refractivity contribution < 1.29 is 0 Å². The van der Waals surface area contributed by atoms with Crippen molar-refractivity contribution in [2.75, 3.05) is 26.2 Å². The van der Waals surface area contributed by atoms with Crippen molar-refractivity contribution in [2.24, 2.45) is 5.41 Å². The topological polar surface area (TPSA) is 15.3 Å². The van der Waals surface area contributed by atoms with Gasteiger partial charge in [0, 0.05) is 25.7 Å². The second-order valence-electron chi connectivity index (χ2n) is 6.38. The molecule has 2 nitrogen and oxygen atoms in total. The molecule has 0 aromatic carbocycles. The van der Waals surface area contributed by atoms with Gasteiger partial charge in [-0.1, -0.05) is 20.4 Å². The number of piperidine rings is 1. The molecule has 0 bridgehead atoms. The third-order valence-electron chi connectivity index (χ3n) is 3.64. The van der Waals surface area contributed by atoms with E-state index in [0.717, 1.165) is 19.1 Å². The van der Waals surface area contributed by atoms with Crippen LogP contribution in [0.15, 0.2) is 12.2 Å². The smallest absolute Gasteiger partial charge is 0.0203 e. The summed E-state index contributed by atoms with van der Waals surface area (Å²) in [6.07, 6.45) is 5.45. The molecule has 0 spiro atoms. The molecular weight excluding hydrogens is 196 g/mol. The van der Waals surface area contributed by atoms with E-state index in [4.69, 9.17) is 0 Å². The minimum Gasteiger partial charge on any atom is -0.310 e. The lowest BCUT2D eigenvalue weighted by molar-refractivity contribution is 0.126. The normalized spacial score (nSPS) is 25.6. The summed E-state index contributed by atoms with van der Waals surface area (Å²) in [6, 6.07) is 0.801. The van der Waals surface area contributed by atoms with Crippen LogP contribution in [-0.4, -0.2) is 37.1 Å². The van der Waals surface area contributed by atoms with E-state index in [2.05, 4.69) is 30.6 Å². The molecule has 2 heteroatoms. The van der Waals surface area contributed by atoms with Gasteiger partial charge in [-0.15, -0.1) is 0 Å². The Bertz CT molecular complexity index is 253. The number of likely N-dealkylation sites (tertiary alicyclic amines) is 1. The monoisotopic (exact) mass is 222 g/mol. The van der Waals surface area contributed by atoms with Crippen LogP contribution in [-0.2, 0) is 0 Å². The summed E-state index contributed by atoms with van der Waals surface area (Å²) in [5.41, 5.74) is 1.85. The van der Waals surface area contributed by atoms with Crippen LogP contribution in [0.4, 0.5) is 0 Å². The van der Waals surface area contributed by atoms with Crippen LogP contribution in [0.2, 0.25) is 0 Å². The summed E-state index contributed by atoms with van der Waals surface area (Å²) >= 11 is 0. The van der Waals surface area contributed by atoms with E-state index in [1.807, 2.05) is 0 Å². The zero-order valence-corrected chi connectivity index (χ0v) is 10.9. The summed E-state index contributed by atoms with van der Waals surface area (Å²) in [6.45, 7) is 13.5. The molecule has 0 radical (unpaired) electrons. The van der Waals surface area contributed by atoms with Gasteiger partial charge in [-0.05, 0) is 43.2 Å². The molecule has 0 atom stereocenters. The minimum atomic E-state index is 0.502. The van der Waals surface area contributed by atoms with Crippen LogP contribution in [0.1, 0.15) is 39.5 Å². The van der Waals surface area contributed by atoms with Crippen molar-refractivity contribution in [1.82, 2.24) is 10.2 Å². The van der Waals surface area contributed by atoms with E-state index in [9.17, 15) is 0 Å². The highest BCUT2D eigenvalue weighted by Gasteiger charge is 2.26. The highest BCUT2D eigenvalue weighted by molar-refractivity contribution is 5.02. The summed E-state index contributed by atoms with van der Waals surface area (Å²) < 4.78 is 0. The van der Waals surface area contributed by atoms with Crippen LogP contribution in [0.3, 0.4) is 0 Å². The predicted molar refractivity (Wildman–Crippen MR) is 69.6 cm³/mol. The van der Waals surface area contributed by atoms with Crippen LogP contribution in [0.25, 0.3) is 0 Å². The quantitative estimate of drug-likeness (QED) is 0.719. The van der Waals surface area contributed by atoms with E-state index >= 15 is 0 Å². The van der Waals surface area contributed by atoms with Gasteiger partial charge in [0.05, 0.1) is 0 Å². The first-order valence-corrected chi connectivity index (χ1v) is 6.68. The average Bonchev–Trinajstić information content (AvgIpc) is 2.96. The van der Waals surface area contributed by atoms with Gasteiger partial charge in [-0.2, -0.15) is 0 Å². The van der Waals surface area contributed by atoms with E-state index in [1.54, 1.807) is 0 Å². The largest absolute Gasteiger partial charge is 0.310 e. The Morgan fingerprint density at radius 2 is 2.19 bits per heavy atom. The van der Waals surface area contributed by atoms with Crippen LogP contribution in [0.5, 0.6) is 0 Å². The number of nitrogens with zero attached hydrogens (tertiary/aromatic N) is 1. The van der Waals surface area contributed by atoms with Crippen molar-refractivity contribution in [1.29, 1.82) is 0 Å². The van der Waals surface area contributed by atoms with Gasteiger partial charge < -0.3 is 5.32 Å². The number of hydrogen-bond acceptors (Lipinski definition) is 2. The highest BCUT2D eigenvalue weighted by Crippen LogP contribution is 2.28. The highest BCUT2D eigenvalue weighted by atomic mass is 15.1. The molecule has 1 aliphatic heterocycles. The lowest BCUT2D eigenvalue weighted by Crippen LogP contribution is -2.41. The van der Waals surface area contributed by atoms with Crippen LogP contribution in [0, 0.1) is 5.41 Å². The van der Waals surface area contributed by atoms with Crippen molar-refractivity contribution in [3.63, 3.8) is 0 Å². The van der Waals surface area contributed by atoms with Gasteiger partial charge in [-0.3, -0.25) is 4.90 Å². The standard InChI is InChI=1S/C14H26N2/c1-12(9-15-13-5-6-13)10-16-8-4-7-14(2,3)11-16/h13,15H,1,4-11H2,2-3H3. The molecule has 1 saturated heterocycles. The summed E-state index contributed by atoms with van der Waals surface area (Å²) in [4.78, 5) is 2.57. The molecule has 16 heavy (non-hydrogen) atoms. The molecule has 0 aromatic rings. The van der Waals surface area contributed by atoms with Gasteiger partial charge >= 0.3 is 0 Å². The van der Waals surface area contributed by atoms with E-state index < -0.39 is 0 Å². The number of hydrogen-bond donors (Lipinski definition) is 1. The second-order valence-corrected chi connectivity index (χ2v) is 6.38. The molecule has 1 heterocycles. The van der Waals surface area contributed by atoms with Gasteiger partial charge in [-0.25, -0.2) is 0 Å². The first-order valence-electron chi connectivity index (χ1n) is 6.68. The van der Waals surface area contributed by atoms with Crippen molar-refractivity contribution >= 4 is 0 Å². The van der Waals surface area contributed by atoms with Gasteiger partial charge in [0.15, 0.2) is 0 Å². The molecule has 0 unspecified atom stereocenters. The third kappa shape index (κ3) is 3.91. The molecule has 1 N–H and O–H groups in total. The Morgan fingerprint density at radius 3 is 2.81 bits per heavy atom. The average molecular weight is 222 g/mol. The third-order valence-corrected chi connectivity index (χ3v) is 3.64. The Kier molecular flexibility index (Phi) is 3.70.